The third-order valence-electron chi connectivity index (χ3n) is 4.37. The number of ether oxygens (including phenoxy) is 1. The summed E-state index contributed by atoms with van der Waals surface area (Å²) in [6.07, 6.45) is 6.88. The number of fused-ring (bicyclic) bond motifs is 1. The summed E-state index contributed by atoms with van der Waals surface area (Å²) in [5, 5.41) is 0. The first-order valence-corrected chi connectivity index (χ1v) is 7.57. The van der Waals surface area contributed by atoms with Gasteiger partial charge in [-0.05, 0) is 38.1 Å². The normalized spacial score (nSPS) is 20.4. The van der Waals surface area contributed by atoms with Gasteiger partial charge in [0.1, 0.15) is 5.82 Å². The van der Waals surface area contributed by atoms with Gasteiger partial charge in [-0.25, -0.2) is 4.98 Å². The number of likely N-dealkylation sites (N-methyl/N-ethyl adjacent to an activating group) is 1. The fourth-order valence-corrected chi connectivity index (χ4v) is 3.30. The van der Waals surface area contributed by atoms with E-state index in [1.807, 2.05) is 18.3 Å². The highest BCUT2D eigenvalue weighted by Crippen LogP contribution is 2.23. The number of methoxy groups -OCH3 is 1. The number of hydrogen-bond acceptors (Lipinski definition) is 3. The summed E-state index contributed by atoms with van der Waals surface area (Å²) in [5.41, 5.74) is 1.11. The van der Waals surface area contributed by atoms with Crippen LogP contribution in [0.15, 0.2) is 24.4 Å². The summed E-state index contributed by atoms with van der Waals surface area (Å²) >= 11 is 0. The first kappa shape index (κ1) is 13.4. The molecule has 0 aliphatic carbocycles. The summed E-state index contributed by atoms with van der Waals surface area (Å²) in [5.74, 6) is 1.98. The van der Waals surface area contributed by atoms with Gasteiger partial charge in [-0.15, -0.1) is 0 Å². The number of pyridine rings is 1. The minimum Gasteiger partial charge on any atom is -0.482 e. The molecule has 0 radical (unpaired) electrons. The molecule has 1 atom stereocenters. The maximum Gasteiger partial charge on any atom is 0.199 e. The standard InChI is InChI=1S/C16H23N3O/c1-3-18-10-5-4-7-13(18)11-15-17-12-14-8-6-9-16(20-2)19(14)15/h6,8-9,12-13H,3-5,7,10-11H2,1-2H3. The molecule has 108 valence electrons. The molecule has 1 aliphatic heterocycles. The highest BCUT2D eigenvalue weighted by atomic mass is 16.5. The Kier molecular flexibility index (Phi) is 3.92. The van der Waals surface area contributed by atoms with Crippen molar-refractivity contribution in [2.45, 2.75) is 38.6 Å². The van der Waals surface area contributed by atoms with E-state index in [1.165, 1.54) is 25.8 Å². The lowest BCUT2D eigenvalue weighted by molar-refractivity contribution is 0.153. The van der Waals surface area contributed by atoms with Crippen molar-refractivity contribution < 1.29 is 4.74 Å². The molecule has 1 saturated heterocycles. The monoisotopic (exact) mass is 273 g/mol. The second-order valence-electron chi connectivity index (χ2n) is 5.49. The van der Waals surface area contributed by atoms with Crippen LogP contribution in [0.3, 0.4) is 0 Å². The molecule has 4 heteroatoms. The first-order valence-electron chi connectivity index (χ1n) is 7.57. The lowest BCUT2D eigenvalue weighted by Gasteiger charge is -2.34. The van der Waals surface area contributed by atoms with Crippen LogP contribution in [-0.4, -0.2) is 40.5 Å². The van der Waals surface area contributed by atoms with Crippen molar-refractivity contribution in [3.63, 3.8) is 0 Å². The van der Waals surface area contributed by atoms with Crippen LogP contribution in [0.5, 0.6) is 5.88 Å². The van der Waals surface area contributed by atoms with E-state index in [9.17, 15) is 0 Å². The lowest BCUT2D eigenvalue weighted by atomic mass is 9.99. The number of likely N-dealkylation sites (tertiary alicyclic amines) is 1. The first-order chi connectivity index (χ1) is 9.83. The number of imidazole rings is 1. The minimum atomic E-state index is 0.615. The lowest BCUT2D eigenvalue weighted by Crippen LogP contribution is -2.40. The topological polar surface area (TPSA) is 29.8 Å². The van der Waals surface area contributed by atoms with Crippen molar-refractivity contribution in [2.24, 2.45) is 0 Å². The van der Waals surface area contributed by atoms with Crippen molar-refractivity contribution in [1.29, 1.82) is 0 Å². The molecule has 1 fully saturated rings. The molecule has 2 aromatic rings. The molecule has 1 unspecified atom stereocenters. The molecule has 0 saturated carbocycles. The van der Waals surface area contributed by atoms with Crippen LogP contribution in [0.2, 0.25) is 0 Å². The highest BCUT2D eigenvalue weighted by Gasteiger charge is 2.23. The fraction of sp³-hybridized carbons (Fsp3) is 0.562. The SMILES string of the molecule is CCN1CCCCC1Cc1ncc2cccc(OC)n12. The van der Waals surface area contributed by atoms with E-state index in [4.69, 9.17) is 4.74 Å². The van der Waals surface area contributed by atoms with Gasteiger partial charge in [0.25, 0.3) is 0 Å². The van der Waals surface area contributed by atoms with Crippen LogP contribution in [0.25, 0.3) is 5.52 Å². The maximum atomic E-state index is 5.48. The second kappa shape index (κ2) is 5.83. The largest absolute Gasteiger partial charge is 0.482 e. The number of rotatable bonds is 4. The Morgan fingerprint density at radius 1 is 1.35 bits per heavy atom. The molecule has 3 rings (SSSR count). The van der Waals surface area contributed by atoms with Crippen LogP contribution in [0, 0.1) is 0 Å². The molecule has 0 N–H and O–H groups in total. The fourth-order valence-electron chi connectivity index (χ4n) is 3.30. The van der Waals surface area contributed by atoms with E-state index in [1.54, 1.807) is 7.11 Å². The Labute approximate surface area is 120 Å². The summed E-state index contributed by atoms with van der Waals surface area (Å²) in [6, 6.07) is 6.71. The smallest absolute Gasteiger partial charge is 0.199 e. The average Bonchev–Trinajstić information content (AvgIpc) is 2.91. The average molecular weight is 273 g/mol. The zero-order valence-electron chi connectivity index (χ0n) is 12.4. The molecular formula is C16H23N3O. The Hall–Kier alpha value is -1.55. The van der Waals surface area contributed by atoms with Crippen molar-refractivity contribution >= 4 is 5.52 Å². The van der Waals surface area contributed by atoms with E-state index in [0.29, 0.717) is 6.04 Å². The molecule has 3 heterocycles. The van der Waals surface area contributed by atoms with Gasteiger partial charge in [0.15, 0.2) is 5.88 Å². The van der Waals surface area contributed by atoms with Crippen molar-refractivity contribution in [3.05, 3.63) is 30.2 Å². The summed E-state index contributed by atoms with van der Waals surface area (Å²) in [6.45, 7) is 4.61. The van der Waals surface area contributed by atoms with Crippen LogP contribution in [0.4, 0.5) is 0 Å². The van der Waals surface area contributed by atoms with Gasteiger partial charge < -0.3 is 9.64 Å². The Balaban J connectivity index is 1.90. The molecule has 0 spiro atoms. The van der Waals surface area contributed by atoms with Crippen LogP contribution in [-0.2, 0) is 6.42 Å². The molecule has 20 heavy (non-hydrogen) atoms. The number of piperidine rings is 1. The molecule has 0 aromatic carbocycles. The third-order valence-corrected chi connectivity index (χ3v) is 4.37. The molecule has 4 nitrogen and oxygen atoms in total. The molecule has 0 amide bonds. The second-order valence-corrected chi connectivity index (χ2v) is 5.49. The summed E-state index contributed by atoms with van der Waals surface area (Å²) < 4.78 is 7.62. The number of nitrogens with zero attached hydrogens (tertiary/aromatic N) is 3. The molecule has 2 aromatic heterocycles. The van der Waals surface area contributed by atoms with Crippen molar-refractivity contribution in [1.82, 2.24) is 14.3 Å². The Morgan fingerprint density at radius 2 is 2.25 bits per heavy atom. The van der Waals surface area contributed by atoms with Gasteiger partial charge in [-0.1, -0.05) is 19.4 Å². The minimum absolute atomic E-state index is 0.615. The molecule has 0 bridgehead atoms. The zero-order valence-corrected chi connectivity index (χ0v) is 12.4. The van der Waals surface area contributed by atoms with Gasteiger partial charge in [-0.2, -0.15) is 0 Å². The molecular weight excluding hydrogens is 250 g/mol. The van der Waals surface area contributed by atoms with E-state index in [-0.39, 0.29) is 0 Å². The van der Waals surface area contributed by atoms with Crippen molar-refractivity contribution in [2.75, 3.05) is 20.2 Å². The maximum absolute atomic E-state index is 5.48. The number of aromatic nitrogens is 2. The third kappa shape index (κ3) is 2.40. The van der Waals surface area contributed by atoms with E-state index in [2.05, 4.69) is 27.3 Å². The van der Waals surface area contributed by atoms with Gasteiger partial charge in [0, 0.05) is 12.5 Å². The highest BCUT2D eigenvalue weighted by molar-refractivity contribution is 5.49. The van der Waals surface area contributed by atoms with Crippen molar-refractivity contribution in [3.8, 4) is 5.88 Å². The van der Waals surface area contributed by atoms with Crippen LogP contribution < -0.4 is 4.74 Å². The predicted octanol–water partition coefficient (Wildman–Crippen LogP) is 2.76. The quantitative estimate of drug-likeness (QED) is 0.858. The number of hydrogen-bond donors (Lipinski definition) is 0. The summed E-state index contributed by atoms with van der Waals surface area (Å²) in [7, 11) is 1.72. The predicted molar refractivity (Wildman–Crippen MR) is 80.3 cm³/mol. The van der Waals surface area contributed by atoms with E-state index < -0.39 is 0 Å². The van der Waals surface area contributed by atoms with Crippen LogP contribution in [0.1, 0.15) is 32.0 Å². The van der Waals surface area contributed by atoms with E-state index in [0.717, 1.165) is 30.2 Å². The van der Waals surface area contributed by atoms with Gasteiger partial charge in [0.05, 0.1) is 18.8 Å². The van der Waals surface area contributed by atoms with E-state index >= 15 is 0 Å². The van der Waals surface area contributed by atoms with Crippen LogP contribution >= 0.6 is 0 Å². The Morgan fingerprint density at radius 3 is 3.05 bits per heavy atom. The Bertz CT molecular complexity index is 578. The zero-order chi connectivity index (χ0) is 13.9. The summed E-state index contributed by atoms with van der Waals surface area (Å²) in [4.78, 5) is 7.21. The van der Waals surface area contributed by atoms with Gasteiger partial charge in [-0.3, -0.25) is 4.40 Å². The van der Waals surface area contributed by atoms with Gasteiger partial charge in [0.2, 0.25) is 0 Å². The van der Waals surface area contributed by atoms with Gasteiger partial charge >= 0.3 is 0 Å². The molecule has 1 aliphatic rings.